The van der Waals surface area contributed by atoms with Gasteiger partial charge in [0.05, 0.1) is 27.9 Å². The van der Waals surface area contributed by atoms with Gasteiger partial charge in [-0.2, -0.15) is 0 Å². The van der Waals surface area contributed by atoms with Crippen LogP contribution in [0.2, 0.25) is 0 Å². The molecule has 0 spiro atoms. The van der Waals surface area contributed by atoms with E-state index in [4.69, 9.17) is 5.73 Å². The first-order valence-corrected chi connectivity index (χ1v) is 18.9. The minimum absolute atomic E-state index is 0.0287. The SMILES string of the molecule is NC(=O)c1cnc2cc(-c3ccc(C(=O)CCCCCNC(=O)CCc4cccc5c4C(=O)N(C4CCC(=O)NC4=O)C5=O)cc3)ccc2c1Nc1ccccc1. The highest BCUT2D eigenvalue weighted by Crippen LogP contribution is 2.33. The van der Waals surface area contributed by atoms with Gasteiger partial charge in [-0.15, -0.1) is 0 Å². The van der Waals surface area contributed by atoms with Crippen molar-refractivity contribution < 1.29 is 33.6 Å². The maximum Gasteiger partial charge on any atom is 0.262 e. The standard InChI is InChI=1S/C44H40N6O7/c45-41(54)33-25-47-34-24-29(17-19-31(34)40(33)48-30-9-3-1-4-10-30)26-13-15-27(16-14-26)36(51)12-5-2-6-23-46-37(52)21-18-28-8-7-11-32-39(28)44(57)50(43(32)56)35-20-22-38(53)49-42(35)55/h1,3-4,7-11,13-17,19,24-25,35H,2,5-6,12,18,20-23H2,(H2,45,54)(H,46,52)(H,47,48)(H,49,53,55). The Bertz CT molecular complexity index is 2430. The molecule has 1 aromatic heterocycles. The molecule has 1 unspecified atom stereocenters. The molecule has 0 aliphatic carbocycles. The van der Waals surface area contributed by atoms with Crippen LogP contribution in [-0.2, 0) is 20.8 Å². The summed E-state index contributed by atoms with van der Waals surface area (Å²) >= 11 is 0. The Morgan fingerprint density at radius 1 is 0.825 bits per heavy atom. The van der Waals surface area contributed by atoms with Crippen LogP contribution in [0.5, 0.6) is 0 Å². The summed E-state index contributed by atoms with van der Waals surface area (Å²) in [4.78, 5) is 93.6. The number of aromatic nitrogens is 1. The summed E-state index contributed by atoms with van der Waals surface area (Å²) in [6.07, 6.45) is 4.37. The fourth-order valence-corrected chi connectivity index (χ4v) is 7.30. The Hall–Kier alpha value is -7.02. The topological polar surface area (TPSA) is 198 Å². The summed E-state index contributed by atoms with van der Waals surface area (Å²) in [6, 6.07) is 26.5. The van der Waals surface area contributed by atoms with Crippen molar-refractivity contribution >= 4 is 63.5 Å². The average Bonchev–Trinajstić information content (AvgIpc) is 3.47. The first kappa shape index (κ1) is 38.3. The first-order valence-electron chi connectivity index (χ1n) is 18.9. The Morgan fingerprint density at radius 2 is 1.60 bits per heavy atom. The normalized spacial score (nSPS) is 15.0. The van der Waals surface area contributed by atoms with Crippen LogP contribution in [0.3, 0.4) is 0 Å². The molecule has 2 aliphatic rings. The minimum atomic E-state index is -1.05. The number of carbonyl (C=O) groups excluding carboxylic acids is 7. The Morgan fingerprint density at radius 3 is 2.35 bits per heavy atom. The number of imide groups is 2. The van der Waals surface area contributed by atoms with E-state index in [-0.39, 0.29) is 54.1 Å². The van der Waals surface area contributed by atoms with Crippen LogP contribution in [0.4, 0.5) is 11.4 Å². The number of nitrogens with two attached hydrogens (primary N) is 1. The number of anilines is 2. The van der Waals surface area contributed by atoms with Gasteiger partial charge in [-0.05, 0) is 66.6 Å². The van der Waals surface area contributed by atoms with Crippen LogP contribution >= 0.6 is 0 Å². The number of nitrogens with zero attached hydrogens (tertiary/aromatic N) is 2. The number of primary amides is 1. The molecule has 3 heterocycles. The lowest BCUT2D eigenvalue weighted by Crippen LogP contribution is -2.54. The third-order valence-corrected chi connectivity index (χ3v) is 10.3. The molecule has 13 heteroatoms. The number of rotatable bonds is 15. The van der Waals surface area contributed by atoms with Crippen LogP contribution in [0, 0.1) is 0 Å². The van der Waals surface area contributed by atoms with Crippen molar-refractivity contribution in [1.82, 2.24) is 20.5 Å². The van der Waals surface area contributed by atoms with Crippen LogP contribution in [0.25, 0.3) is 22.0 Å². The van der Waals surface area contributed by atoms with Gasteiger partial charge in [-0.1, -0.05) is 73.2 Å². The lowest BCUT2D eigenvalue weighted by Gasteiger charge is -2.27. The molecule has 57 heavy (non-hydrogen) atoms. The van der Waals surface area contributed by atoms with E-state index in [2.05, 4.69) is 20.9 Å². The van der Waals surface area contributed by atoms with Gasteiger partial charge in [0, 0.05) is 48.6 Å². The summed E-state index contributed by atoms with van der Waals surface area (Å²) in [7, 11) is 0. The summed E-state index contributed by atoms with van der Waals surface area (Å²) in [5.74, 6) is -3.05. The number of nitrogens with one attached hydrogen (secondary N) is 3. The van der Waals surface area contributed by atoms with Crippen LogP contribution < -0.4 is 21.7 Å². The second kappa shape index (κ2) is 16.8. The van der Waals surface area contributed by atoms with Crippen molar-refractivity contribution in [3.63, 3.8) is 0 Å². The number of Topliss-reactive ketones (excluding diaryl/α,β-unsaturated/α-hetero) is 1. The smallest absolute Gasteiger partial charge is 0.262 e. The van der Waals surface area contributed by atoms with Crippen molar-refractivity contribution in [2.24, 2.45) is 5.73 Å². The molecule has 0 bridgehead atoms. The maximum absolute atomic E-state index is 13.3. The molecule has 288 valence electrons. The van der Waals surface area contributed by atoms with E-state index in [9.17, 15) is 33.6 Å². The van der Waals surface area contributed by atoms with Gasteiger partial charge in [-0.25, -0.2) is 0 Å². The monoisotopic (exact) mass is 764 g/mol. The Balaban J connectivity index is 0.861. The van der Waals surface area contributed by atoms with Crippen molar-refractivity contribution in [1.29, 1.82) is 0 Å². The third kappa shape index (κ3) is 8.32. The maximum atomic E-state index is 13.3. The highest BCUT2D eigenvalue weighted by molar-refractivity contribution is 6.24. The molecule has 1 fully saturated rings. The Labute approximate surface area is 328 Å². The Kier molecular flexibility index (Phi) is 11.3. The third-order valence-electron chi connectivity index (χ3n) is 10.3. The van der Waals surface area contributed by atoms with Crippen molar-refractivity contribution in [2.75, 3.05) is 11.9 Å². The number of piperidine rings is 1. The number of hydrogen-bond donors (Lipinski definition) is 4. The largest absolute Gasteiger partial charge is 0.365 e. The van der Waals surface area contributed by atoms with Gasteiger partial charge in [-0.3, -0.25) is 48.8 Å². The zero-order valence-electron chi connectivity index (χ0n) is 31.0. The number of unbranched alkanes of at least 4 members (excludes halogenated alkanes) is 2. The predicted molar refractivity (Wildman–Crippen MR) is 213 cm³/mol. The molecule has 0 saturated carbocycles. The molecule has 5 N–H and O–H groups in total. The fourth-order valence-electron chi connectivity index (χ4n) is 7.30. The number of carbonyl (C=O) groups is 7. The average molecular weight is 765 g/mol. The van der Waals surface area contributed by atoms with E-state index < -0.39 is 35.6 Å². The molecule has 1 atom stereocenters. The summed E-state index contributed by atoms with van der Waals surface area (Å²) < 4.78 is 0. The zero-order chi connectivity index (χ0) is 40.1. The van der Waals surface area contributed by atoms with Gasteiger partial charge in [0.15, 0.2) is 5.78 Å². The van der Waals surface area contributed by atoms with Gasteiger partial charge in [0.25, 0.3) is 17.7 Å². The molecular formula is C44H40N6O7. The summed E-state index contributed by atoms with van der Waals surface area (Å²) in [6.45, 7) is 0.434. The summed E-state index contributed by atoms with van der Waals surface area (Å²) in [5, 5.41) is 9.13. The van der Waals surface area contributed by atoms with E-state index in [0.717, 1.165) is 33.5 Å². The molecule has 2 aliphatic heterocycles. The van der Waals surface area contributed by atoms with Crippen molar-refractivity contribution in [3.05, 3.63) is 125 Å². The fraction of sp³-hybridized carbons (Fsp3) is 0.227. The van der Waals surface area contributed by atoms with E-state index in [1.54, 1.807) is 12.1 Å². The molecule has 5 aromatic rings. The molecule has 6 amide bonds. The lowest BCUT2D eigenvalue weighted by atomic mass is 9.98. The van der Waals surface area contributed by atoms with E-state index in [1.165, 1.54) is 12.3 Å². The lowest BCUT2D eigenvalue weighted by molar-refractivity contribution is -0.136. The van der Waals surface area contributed by atoms with E-state index >= 15 is 0 Å². The van der Waals surface area contributed by atoms with E-state index in [1.807, 2.05) is 72.8 Å². The number of ketones is 1. The van der Waals surface area contributed by atoms with Crippen molar-refractivity contribution in [2.45, 2.75) is 57.4 Å². The molecule has 7 rings (SSSR count). The van der Waals surface area contributed by atoms with Crippen LogP contribution in [-0.4, -0.2) is 63.7 Å². The highest BCUT2D eigenvalue weighted by Gasteiger charge is 2.45. The number of pyridine rings is 1. The number of amides is 6. The van der Waals surface area contributed by atoms with Crippen molar-refractivity contribution in [3.8, 4) is 11.1 Å². The summed E-state index contributed by atoms with van der Waals surface area (Å²) in [5.41, 5.74) is 11.4. The quantitative estimate of drug-likeness (QED) is 0.0592. The van der Waals surface area contributed by atoms with Gasteiger partial charge >= 0.3 is 0 Å². The predicted octanol–water partition coefficient (Wildman–Crippen LogP) is 5.64. The second-order valence-electron chi connectivity index (χ2n) is 14.1. The number of hydrogen-bond acceptors (Lipinski definition) is 9. The van der Waals surface area contributed by atoms with Gasteiger partial charge in [0.1, 0.15) is 6.04 Å². The van der Waals surface area contributed by atoms with E-state index in [0.29, 0.717) is 48.1 Å². The molecule has 1 saturated heterocycles. The van der Waals surface area contributed by atoms with Crippen LogP contribution in [0.15, 0.2) is 97.2 Å². The second-order valence-corrected chi connectivity index (χ2v) is 14.1. The highest BCUT2D eigenvalue weighted by atomic mass is 16.2. The van der Waals surface area contributed by atoms with Gasteiger partial charge < -0.3 is 16.4 Å². The number of fused-ring (bicyclic) bond motifs is 2. The number of benzene rings is 4. The van der Waals surface area contributed by atoms with Gasteiger partial charge in [0.2, 0.25) is 17.7 Å². The molecular weight excluding hydrogens is 725 g/mol. The minimum Gasteiger partial charge on any atom is -0.365 e. The number of aryl methyl sites for hydroxylation is 1. The first-order chi connectivity index (χ1) is 27.6. The zero-order valence-corrected chi connectivity index (χ0v) is 31.0. The molecule has 0 radical (unpaired) electrons. The molecule has 4 aromatic carbocycles. The molecule has 13 nitrogen and oxygen atoms in total. The van der Waals surface area contributed by atoms with Crippen LogP contribution in [0.1, 0.15) is 91.9 Å². The number of para-hydroxylation sites is 1.